The van der Waals surface area contributed by atoms with Gasteiger partial charge >= 0.3 is 0 Å². The van der Waals surface area contributed by atoms with E-state index >= 15 is 0 Å². The van der Waals surface area contributed by atoms with Crippen LogP contribution in [0.5, 0.6) is 0 Å². The van der Waals surface area contributed by atoms with Gasteiger partial charge in [-0.05, 0) is 24.5 Å². The minimum Gasteiger partial charge on any atom is -0.384 e. The molecular formula is C13H17FO2. The highest BCUT2D eigenvalue weighted by Gasteiger charge is 2.31. The third kappa shape index (κ3) is 2.67. The molecule has 1 atom stereocenters. The summed E-state index contributed by atoms with van der Waals surface area (Å²) in [5.74, 6) is -1.15. The third-order valence-electron chi connectivity index (χ3n) is 2.46. The van der Waals surface area contributed by atoms with Crippen molar-refractivity contribution in [1.29, 1.82) is 0 Å². The zero-order valence-corrected chi connectivity index (χ0v) is 10.0. The van der Waals surface area contributed by atoms with Crippen LogP contribution in [0, 0.1) is 18.2 Å². The van der Waals surface area contributed by atoms with Gasteiger partial charge in [0.2, 0.25) is 0 Å². The summed E-state index contributed by atoms with van der Waals surface area (Å²) >= 11 is 0. The van der Waals surface area contributed by atoms with Crippen LogP contribution in [-0.2, 0) is 0 Å². The number of carbonyl (C=O) groups is 1. The molecule has 0 aliphatic heterocycles. The molecule has 88 valence electrons. The van der Waals surface area contributed by atoms with Gasteiger partial charge in [-0.15, -0.1) is 0 Å². The second-order valence-corrected chi connectivity index (χ2v) is 5.12. The molecule has 0 aliphatic rings. The molecule has 0 aromatic heterocycles. The van der Waals surface area contributed by atoms with Gasteiger partial charge in [-0.3, -0.25) is 4.79 Å². The van der Waals surface area contributed by atoms with Gasteiger partial charge in [-0.2, -0.15) is 0 Å². The first-order chi connectivity index (χ1) is 7.23. The lowest BCUT2D eigenvalue weighted by Crippen LogP contribution is -2.34. The molecule has 1 aromatic rings. The highest BCUT2D eigenvalue weighted by molar-refractivity contribution is 6.00. The second kappa shape index (κ2) is 4.34. The Morgan fingerprint density at radius 3 is 2.44 bits per heavy atom. The molecular weight excluding hydrogens is 207 g/mol. The van der Waals surface area contributed by atoms with Crippen molar-refractivity contribution in [1.82, 2.24) is 0 Å². The SMILES string of the molecule is Cc1ccc(F)c(C(=O)C(O)C(C)(C)C)c1. The number of aryl methyl sites for hydroxylation is 1. The Kier molecular flexibility index (Phi) is 3.48. The first-order valence-electron chi connectivity index (χ1n) is 5.22. The number of aliphatic hydroxyl groups excluding tert-OH is 1. The van der Waals surface area contributed by atoms with E-state index in [1.54, 1.807) is 33.8 Å². The minimum absolute atomic E-state index is 0.0394. The monoisotopic (exact) mass is 224 g/mol. The van der Waals surface area contributed by atoms with Crippen molar-refractivity contribution in [3.05, 3.63) is 35.1 Å². The summed E-state index contributed by atoms with van der Waals surface area (Å²) in [7, 11) is 0. The fraction of sp³-hybridized carbons (Fsp3) is 0.462. The molecule has 1 N–H and O–H groups in total. The van der Waals surface area contributed by atoms with Crippen LogP contribution in [0.25, 0.3) is 0 Å². The maximum absolute atomic E-state index is 13.4. The molecule has 0 amide bonds. The predicted molar refractivity (Wildman–Crippen MR) is 60.9 cm³/mol. The summed E-state index contributed by atoms with van der Waals surface area (Å²) in [5, 5.41) is 9.81. The number of benzene rings is 1. The van der Waals surface area contributed by atoms with Crippen LogP contribution in [0.4, 0.5) is 4.39 Å². The molecule has 1 aromatic carbocycles. The van der Waals surface area contributed by atoms with E-state index in [0.29, 0.717) is 0 Å². The molecule has 0 saturated heterocycles. The lowest BCUT2D eigenvalue weighted by molar-refractivity contribution is 0.0438. The van der Waals surface area contributed by atoms with Gasteiger partial charge < -0.3 is 5.11 Å². The van der Waals surface area contributed by atoms with E-state index in [9.17, 15) is 14.3 Å². The van der Waals surface area contributed by atoms with Crippen molar-refractivity contribution in [3.63, 3.8) is 0 Å². The zero-order valence-electron chi connectivity index (χ0n) is 10.0. The fourth-order valence-electron chi connectivity index (χ4n) is 1.37. The van der Waals surface area contributed by atoms with E-state index in [1.807, 2.05) is 0 Å². The molecule has 0 heterocycles. The maximum Gasteiger partial charge on any atom is 0.194 e. The van der Waals surface area contributed by atoms with Crippen molar-refractivity contribution in [2.45, 2.75) is 33.8 Å². The van der Waals surface area contributed by atoms with E-state index in [0.717, 1.165) is 5.56 Å². The average molecular weight is 224 g/mol. The van der Waals surface area contributed by atoms with Gasteiger partial charge in [0.25, 0.3) is 0 Å². The minimum atomic E-state index is -1.19. The van der Waals surface area contributed by atoms with Crippen LogP contribution in [-0.4, -0.2) is 17.0 Å². The number of carbonyl (C=O) groups excluding carboxylic acids is 1. The van der Waals surface area contributed by atoms with E-state index in [4.69, 9.17) is 0 Å². The van der Waals surface area contributed by atoms with Crippen LogP contribution in [0.15, 0.2) is 18.2 Å². The first kappa shape index (κ1) is 12.8. The third-order valence-corrected chi connectivity index (χ3v) is 2.46. The normalized spacial score (nSPS) is 13.6. The molecule has 2 nitrogen and oxygen atoms in total. The molecule has 0 spiro atoms. The van der Waals surface area contributed by atoms with Gasteiger partial charge in [0.15, 0.2) is 5.78 Å². The van der Waals surface area contributed by atoms with Gasteiger partial charge in [0, 0.05) is 0 Å². The summed E-state index contributed by atoms with van der Waals surface area (Å²) in [6.07, 6.45) is -1.19. The Balaban J connectivity index is 3.10. The predicted octanol–water partition coefficient (Wildman–Crippen LogP) is 2.72. The number of ketones is 1. The Morgan fingerprint density at radius 2 is 1.94 bits per heavy atom. The van der Waals surface area contributed by atoms with Crippen LogP contribution < -0.4 is 0 Å². The number of hydrogen-bond donors (Lipinski definition) is 1. The van der Waals surface area contributed by atoms with Crippen molar-refractivity contribution in [3.8, 4) is 0 Å². The second-order valence-electron chi connectivity index (χ2n) is 5.12. The lowest BCUT2D eigenvalue weighted by atomic mass is 9.84. The smallest absolute Gasteiger partial charge is 0.194 e. The highest BCUT2D eigenvalue weighted by Crippen LogP contribution is 2.23. The Bertz CT molecular complexity index is 405. The highest BCUT2D eigenvalue weighted by atomic mass is 19.1. The van der Waals surface area contributed by atoms with Crippen LogP contribution in [0.2, 0.25) is 0 Å². The lowest BCUT2D eigenvalue weighted by Gasteiger charge is -2.24. The maximum atomic E-state index is 13.4. The Morgan fingerprint density at radius 1 is 1.38 bits per heavy atom. The quantitative estimate of drug-likeness (QED) is 0.784. The summed E-state index contributed by atoms with van der Waals surface area (Å²) < 4.78 is 13.4. The molecule has 1 rings (SSSR count). The van der Waals surface area contributed by atoms with Gasteiger partial charge in [-0.25, -0.2) is 4.39 Å². The van der Waals surface area contributed by atoms with Gasteiger partial charge in [0.05, 0.1) is 5.56 Å². The van der Waals surface area contributed by atoms with Crippen molar-refractivity contribution >= 4 is 5.78 Å². The largest absolute Gasteiger partial charge is 0.384 e. The van der Waals surface area contributed by atoms with Crippen molar-refractivity contribution in [2.24, 2.45) is 5.41 Å². The first-order valence-corrected chi connectivity index (χ1v) is 5.22. The van der Waals surface area contributed by atoms with E-state index in [2.05, 4.69) is 0 Å². The summed E-state index contributed by atoms with van der Waals surface area (Å²) in [4.78, 5) is 11.9. The van der Waals surface area contributed by atoms with Gasteiger partial charge in [-0.1, -0.05) is 32.4 Å². The van der Waals surface area contributed by atoms with Crippen molar-refractivity contribution in [2.75, 3.05) is 0 Å². The summed E-state index contributed by atoms with van der Waals surface area (Å²) in [6.45, 7) is 7.00. The topological polar surface area (TPSA) is 37.3 Å². The molecule has 16 heavy (non-hydrogen) atoms. The van der Waals surface area contributed by atoms with E-state index in [-0.39, 0.29) is 5.56 Å². The van der Waals surface area contributed by atoms with Crippen molar-refractivity contribution < 1.29 is 14.3 Å². The molecule has 1 unspecified atom stereocenters. The molecule has 0 bridgehead atoms. The Labute approximate surface area is 95.1 Å². The number of halogens is 1. The van der Waals surface area contributed by atoms with E-state index in [1.165, 1.54) is 12.1 Å². The number of hydrogen-bond acceptors (Lipinski definition) is 2. The van der Waals surface area contributed by atoms with Crippen LogP contribution >= 0.6 is 0 Å². The Hall–Kier alpha value is -1.22. The van der Waals surface area contributed by atoms with Crippen LogP contribution in [0.1, 0.15) is 36.7 Å². The van der Waals surface area contributed by atoms with E-state index < -0.39 is 23.1 Å². The summed E-state index contributed by atoms with van der Waals surface area (Å²) in [6, 6.07) is 4.31. The molecule has 0 fully saturated rings. The zero-order chi connectivity index (χ0) is 12.5. The average Bonchev–Trinajstić information content (AvgIpc) is 2.18. The summed E-state index contributed by atoms with van der Waals surface area (Å²) in [5.41, 5.74) is 0.168. The molecule has 0 aliphatic carbocycles. The standard InChI is InChI=1S/C13H17FO2/c1-8-5-6-10(14)9(7-8)11(15)12(16)13(2,3)4/h5-7,12,16H,1-4H3. The number of aliphatic hydroxyl groups is 1. The molecule has 0 radical (unpaired) electrons. The number of Topliss-reactive ketones (excluding diaryl/α,β-unsaturated/α-hetero) is 1. The van der Waals surface area contributed by atoms with Crippen LogP contribution in [0.3, 0.4) is 0 Å². The number of rotatable bonds is 2. The molecule has 0 saturated carbocycles. The molecule has 3 heteroatoms. The van der Waals surface area contributed by atoms with Gasteiger partial charge in [0.1, 0.15) is 11.9 Å². The fourth-order valence-corrected chi connectivity index (χ4v) is 1.37.